The van der Waals surface area contributed by atoms with E-state index in [1.807, 2.05) is 12.1 Å². The van der Waals surface area contributed by atoms with Crippen LogP contribution in [0, 0.1) is 0 Å². The molecule has 1 fully saturated rings. The van der Waals surface area contributed by atoms with Crippen LogP contribution in [0.5, 0.6) is 0 Å². The summed E-state index contributed by atoms with van der Waals surface area (Å²) in [5, 5.41) is 2.83. The maximum Gasteiger partial charge on any atom is 0.234 e. The van der Waals surface area contributed by atoms with Crippen molar-refractivity contribution in [2.24, 2.45) is 0 Å². The smallest absolute Gasteiger partial charge is 0.234 e. The van der Waals surface area contributed by atoms with Crippen LogP contribution in [-0.4, -0.2) is 37.0 Å². The van der Waals surface area contributed by atoms with Crippen LogP contribution >= 0.6 is 0 Å². The first-order valence-electron chi connectivity index (χ1n) is 6.07. The fraction of sp³-hybridized carbons (Fsp3) is 0.462. The van der Waals surface area contributed by atoms with Crippen LogP contribution in [-0.2, 0) is 11.2 Å². The lowest BCUT2D eigenvalue weighted by Crippen LogP contribution is -2.47. The molecule has 0 atom stereocenters. The topological polar surface area (TPSA) is 58.4 Å². The highest BCUT2D eigenvalue weighted by molar-refractivity contribution is 5.78. The average Bonchev–Trinajstić information content (AvgIpc) is 2.32. The van der Waals surface area contributed by atoms with Gasteiger partial charge in [-0.3, -0.25) is 9.69 Å². The van der Waals surface area contributed by atoms with Gasteiger partial charge in [0.1, 0.15) is 0 Å². The summed E-state index contributed by atoms with van der Waals surface area (Å²) >= 11 is 0. The highest BCUT2D eigenvalue weighted by Gasteiger charge is 2.14. The van der Waals surface area contributed by atoms with Gasteiger partial charge in [0.2, 0.25) is 5.91 Å². The quantitative estimate of drug-likeness (QED) is 0.750. The van der Waals surface area contributed by atoms with E-state index in [4.69, 9.17) is 5.73 Å². The molecule has 0 saturated carbocycles. The third kappa shape index (κ3) is 3.75. The number of carbonyl (C=O) groups excluding carboxylic acids is 1. The molecule has 0 spiro atoms. The minimum Gasteiger partial charge on any atom is -0.399 e. The number of rotatable bonds is 4. The number of nitrogens with zero attached hydrogens (tertiary/aromatic N) is 1. The standard InChI is InChI=1S/C13H19N3O/c14-12-5-3-11(4-6-12)2-1-8-16-9-7-15-13(17)10-16/h3-6H,1-2,7-10,14H2,(H,15,17). The molecule has 0 aromatic heterocycles. The molecule has 4 heteroatoms. The molecule has 1 aliphatic rings. The fourth-order valence-corrected chi connectivity index (χ4v) is 2.07. The van der Waals surface area contributed by atoms with E-state index in [2.05, 4.69) is 22.3 Å². The Morgan fingerprint density at radius 1 is 1.29 bits per heavy atom. The molecule has 4 nitrogen and oxygen atoms in total. The molecule has 1 amide bonds. The van der Waals surface area contributed by atoms with Crippen molar-refractivity contribution < 1.29 is 4.79 Å². The number of carbonyl (C=O) groups is 1. The summed E-state index contributed by atoms with van der Waals surface area (Å²) in [5.41, 5.74) is 7.75. The maximum atomic E-state index is 11.2. The number of nitrogens with two attached hydrogens (primary N) is 1. The molecule has 2 rings (SSSR count). The SMILES string of the molecule is Nc1ccc(CCCN2CCNC(=O)C2)cc1. The Labute approximate surface area is 102 Å². The second-order valence-corrected chi connectivity index (χ2v) is 4.47. The highest BCUT2D eigenvalue weighted by Crippen LogP contribution is 2.08. The molecule has 1 aromatic rings. The van der Waals surface area contributed by atoms with Gasteiger partial charge in [0.05, 0.1) is 6.54 Å². The van der Waals surface area contributed by atoms with Crippen molar-refractivity contribution in [1.29, 1.82) is 0 Å². The van der Waals surface area contributed by atoms with Gasteiger partial charge in [0.15, 0.2) is 0 Å². The summed E-state index contributed by atoms with van der Waals surface area (Å²) in [5.74, 6) is 0.142. The van der Waals surface area contributed by atoms with E-state index < -0.39 is 0 Å². The summed E-state index contributed by atoms with van der Waals surface area (Å²) < 4.78 is 0. The summed E-state index contributed by atoms with van der Waals surface area (Å²) in [4.78, 5) is 13.4. The molecule has 1 aromatic carbocycles. The Kier molecular flexibility index (Phi) is 3.98. The molecular formula is C13H19N3O. The normalized spacial score (nSPS) is 16.8. The van der Waals surface area contributed by atoms with Gasteiger partial charge < -0.3 is 11.1 Å². The zero-order valence-electron chi connectivity index (χ0n) is 9.98. The number of aryl methyl sites for hydroxylation is 1. The van der Waals surface area contributed by atoms with Crippen LogP contribution in [0.3, 0.4) is 0 Å². The first kappa shape index (κ1) is 11.9. The lowest BCUT2D eigenvalue weighted by molar-refractivity contribution is -0.124. The predicted octanol–water partition coefficient (Wildman–Crippen LogP) is 0.633. The average molecular weight is 233 g/mol. The molecule has 17 heavy (non-hydrogen) atoms. The highest BCUT2D eigenvalue weighted by atomic mass is 16.2. The number of nitrogen functional groups attached to an aromatic ring is 1. The first-order valence-corrected chi connectivity index (χ1v) is 6.07. The minimum atomic E-state index is 0.142. The van der Waals surface area contributed by atoms with Crippen molar-refractivity contribution in [3.8, 4) is 0 Å². The molecule has 1 aliphatic heterocycles. The van der Waals surface area contributed by atoms with Gasteiger partial charge in [-0.25, -0.2) is 0 Å². The number of benzene rings is 1. The number of nitrogens with one attached hydrogen (secondary N) is 1. The van der Waals surface area contributed by atoms with Crippen LogP contribution in [0.15, 0.2) is 24.3 Å². The number of piperazine rings is 1. The van der Waals surface area contributed by atoms with E-state index in [-0.39, 0.29) is 5.91 Å². The predicted molar refractivity (Wildman–Crippen MR) is 68.6 cm³/mol. The van der Waals surface area contributed by atoms with Crippen LogP contribution in [0.2, 0.25) is 0 Å². The van der Waals surface area contributed by atoms with E-state index in [1.54, 1.807) is 0 Å². The van der Waals surface area contributed by atoms with Crippen LogP contribution < -0.4 is 11.1 Å². The summed E-state index contributed by atoms with van der Waals surface area (Å²) in [7, 11) is 0. The van der Waals surface area contributed by atoms with Gasteiger partial charge in [-0.1, -0.05) is 12.1 Å². The van der Waals surface area contributed by atoms with Crippen LogP contribution in [0.1, 0.15) is 12.0 Å². The van der Waals surface area contributed by atoms with Gasteiger partial charge in [-0.2, -0.15) is 0 Å². The third-order valence-corrected chi connectivity index (χ3v) is 3.04. The molecule has 0 aliphatic carbocycles. The van der Waals surface area contributed by atoms with Crippen molar-refractivity contribution >= 4 is 11.6 Å². The van der Waals surface area contributed by atoms with E-state index in [9.17, 15) is 4.79 Å². The monoisotopic (exact) mass is 233 g/mol. The second kappa shape index (κ2) is 5.68. The van der Waals surface area contributed by atoms with Crippen molar-refractivity contribution in [3.05, 3.63) is 29.8 Å². The van der Waals surface area contributed by atoms with Gasteiger partial charge in [0.25, 0.3) is 0 Å². The molecule has 0 radical (unpaired) electrons. The Morgan fingerprint density at radius 3 is 2.76 bits per heavy atom. The summed E-state index contributed by atoms with van der Waals surface area (Å²) in [6, 6.07) is 8.00. The Balaban J connectivity index is 1.72. The maximum absolute atomic E-state index is 11.2. The third-order valence-electron chi connectivity index (χ3n) is 3.04. The van der Waals surface area contributed by atoms with E-state index in [1.165, 1.54) is 5.56 Å². The van der Waals surface area contributed by atoms with E-state index in [0.29, 0.717) is 6.54 Å². The molecular weight excluding hydrogens is 214 g/mol. The molecule has 1 saturated heterocycles. The van der Waals surface area contributed by atoms with Crippen LogP contribution in [0.25, 0.3) is 0 Å². The Morgan fingerprint density at radius 2 is 2.06 bits per heavy atom. The number of amides is 1. The van der Waals surface area contributed by atoms with Gasteiger partial charge in [0, 0.05) is 18.8 Å². The minimum absolute atomic E-state index is 0.142. The molecule has 3 N–H and O–H groups in total. The largest absolute Gasteiger partial charge is 0.399 e. The lowest BCUT2D eigenvalue weighted by atomic mass is 10.1. The zero-order valence-corrected chi connectivity index (χ0v) is 9.98. The molecule has 92 valence electrons. The first-order chi connectivity index (χ1) is 8.24. The Bertz CT molecular complexity index is 375. The van der Waals surface area contributed by atoms with Crippen molar-refractivity contribution in [1.82, 2.24) is 10.2 Å². The van der Waals surface area contributed by atoms with E-state index >= 15 is 0 Å². The molecule has 1 heterocycles. The second-order valence-electron chi connectivity index (χ2n) is 4.47. The number of hydrogen-bond acceptors (Lipinski definition) is 3. The zero-order chi connectivity index (χ0) is 12.1. The molecule has 0 bridgehead atoms. The lowest BCUT2D eigenvalue weighted by Gasteiger charge is -2.26. The summed E-state index contributed by atoms with van der Waals surface area (Å²) in [6.45, 7) is 3.27. The Hall–Kier alpha value is -1.55. The van der Waals surface area contributed by atoms with Crippen molar-refractivity contribution in [3.63, 3.8) is 0 Å². The number of hydrogen-bond donors (Lipinski definition) is 2. The van der Waals surface area contributed by atoms with Crippen molar-refractivity contribution in [2.45, 2.75) is 12.8 Å². The number of anilines is 1. The van der Waals surface area contributed by atoms with Gasteiger partial charge in [-0.15, -0.1) is 0 Å². The van der Waals surface area contributed by atoms with Gasteiger partial charge >= 0.3 is 0 Å². The fourth-order valence-electron chi connectivity index (χ4n) is 2.07. The summed E-state index contributed by atoms with van der Waals surface area (Å²) in [6.07, 6.45) is 2.12. The van der Waals surface area contributed by atoms with Crippen molar-refractivity contribution in [2.75, 3.05) is 31.9 Å². The van der Waals surface area contributed by atoms with Gasteiger partial charge in [-0.05, 0) is 37.1 Å². The van der Waals surface area contributed by atoms with Crippen LogP contribution in [0.4, 0.5) is 5.69 Å². The van der Waals surface area contributed by atoms with E-state index in [0.717, 1.165) is 38.2 Å². The molecule has 0 unspecified atom stereocenters.